The van der Waals surface area contributed by atoms with E-state index in [2.05, 4.69) is 26.2 Å². The van der Waals surface area contributed by atoms with Gasteiger partial charge in [-0.2, -0.15) is 0 Å². The summed E-state index contributed by atoms with van der Waals surface area (Å²) in [6.45, 7) is 0. The summed E-state index contributed by atoms with van der Waals surface area (Å²) in [5, 5.41) is 4.05. The fourth-order valence-corrected chi connectivity index (χ4v) is 2.19. The molecular weight excluding hydrogens is 324 g/mol. The lowest BCUT2D eigenvalue weighted by Gasteiger charge is -2.09. The number of hydrogen-bond acceptors (Lipinski definition) is 4. The van der Waals surface area contributed by atoms with Gasteiger partial charge in [0.15, 0.2) is 5.96 Å². The molecule has 0 aliphatic heterocycles. The van der Waals surface area contributed by atoms with E-state index in [0.717, 1.165) is 22.2 Å². The van der Waals surface area contributed by atoms with Gasteiger partial charge in [-0.3, -0.25) is 0 Å². The third kappa shape index (κ3) is 3.72. The van der Waals surface area contributed by atoms with Crippen LogP contribution in [0.1, 0.15) is 5.56 Å². The van der Waals surface area contributed by atoms with Gasteiger partial charge >= 0.3 is 0 Å². The van der Waals surface area contributed by atoms with Crippen molar-refractivity contribution in [1.82, 2.24) is 9.97 Å². The Labute approximate surface area is 145 Å². The van der Waals surface area contributed by atoms with Crippen LogP contribution in [0.4, 0.5) is 17.2 Å². The van der Waals surface area contributed by atoms with E-state index in [9.17, 15) is 0 Å². The number of nitrogens with one attached hydrogen (secondary N) is 1. The molecule has 3 rings (SSSR count). The average molecular weight is 339 g/mol. The lowest BCUT2D eigenvalue weighted by Crippen LogP contribution is -2.21. The molecule has 0 spiro atoms. The van der Waals surface area contributed by atoms with E-state index in [4.69, 9.17) is 17.9 Å². The van der Waals surface area contributed by atoms with Gasteiger partial charge in [-0.15, -0.1) is 18.8 Å². The molecule has 0 saturated heterocycles. The summed E-state index contributed by atoms with van der Waals surface area (Å²) in [5.74, 6) is 3.25. The molecule has 0 unspecified atom stereocenters. The monoisotopic (exact) mass is 338 g/mol. The summed E-state index contributed by atoms with van der Waals surface area (Å²) in [7, 11) is 0. The van der Waals surface area contributed by atoms with E-state index in [1.165, 1.54) is 6.33 Å². The maximum atomic E-state index is 5.43. The molecule has 0 amide bonds. The molecule has 0 radical (unpaired) electrons. The zero-order valence-electron chi connectivity index (χ0n) is 12.6. The number of fused-ring (bicyclic) bond motifs is 1. The van der Waals surface area contributed by atoms with Crippen LogP contribution in [-0.2, 0) is 0 Å². The predicted octanol–water partition coefficient (Wildman–Crippen LogP) is 2.68. The molecule has 0 aliphatic carbocycles. The molecular formula is C17H15ClN6. The number of nitrogens with two attached hydrogens (primary N) is 2. The van der Waals surface area contributed by atoms with Gasteiger partial charge in [-0.25, -0.2) is 15.0 Å². The fraction of sp³-hybridized carbons (Fsp3) is 0. The number of guanidine groups is 1. The van der Waals surface area contributed by atoms with E-state index < -0.39 is 0 Å². The quantitative estimate of drug-likeness (QED) is 0.387. The number of aliphatic imine (C=N–C) groups is 1. The summed E-state index contributed by atoms with van der Waals surface area (Å²) >= 11 is 0. The van der Waals surface area contributed by atoms with Crippen molar-refractivity contribution < 1.29 is 0 Å². The number of nitrogens with zero attached hydrogens (tertiary/aromatic N) is 3. The Balaban J connectivity index is 0.00000208. The Morgan fingerprint density at radius 1 is 1.12 bits per heavy atom. The first kappa shape index (κ1) is 17.1. The molecule has 0 saturated carbocycles. The summed E-state index contributed by atoms with van der Waals surface area (Å²) in [5.41, 5.74) is 13.9. The first-order valence-electron chi connectivity index (χ1n) is 6.84. The summed E-state index contributed by atoms with van der Waals surface area (Å²) in [6.07, 6.45) is 6.92. The van der Waals surface area contributed by atoms with Gasteiger partial charge in [-0.05, 0) is 36.4 Å². The Morgan fingerprint density at radius 2 is 1.96 bits per heavy atom. The molecule has 5 N–H and O–H groups in total. The zero-order valence-corrected chi connectivity index (χ0v) is 13.4. The topological polar surface area (TPSA) is 102 Å². The highest BCUT2D eigenvalue weighted by Crippen LogP contribution is 2.27. The van der Waals surface area contributed by atoms with Crippen molar-refractivity contribution in [3.8, 4) is 12.3 Å². The molecule has 0 aliphatic rings. The Hall–Kier alpha value is -3.30. The van der Waals surface area contributed by atoms with Crippen molar-refractivity contribution in [3.05, 3.63) is 54.4 Å². The Bertz CT molecular complexity index is 941. The molecule has 1 aromatic heterocycles. The van der Waals surface area contributed by atoms with E-state index in [1.54, 1.807) is 6.07 Å². The number of terminal acetylenes is 1. The summed E-state index contributed by atoms with van der Waals surface area (Å²) in [4.78, 5) is 12.6. The second-order valence-electron chi connectivity index (χ2n) is 4.81. The SMILES string of the molecule is C#Cc1cccc(Nc2ncnc3ccc(N=C(N)N)cc23)c1.Cl. The molecule has 3 aromatic rings. The van der Waals surface area contributed by atoms with Crippen molar-refractivity contribution in [2.45, 2.75) is 0 Å². The third-order valence-corrected chi connectivity index (χ3v) is 3.17. The van der Waals surface area contributed by atoms with Crippen LogP contribution in [-0.4, -0.2) is 15.9 Å². The number of hydrogen-bond donors (Lipinski definition) is 3. The number of halogens is 1. The fourth-order valence-electron chi connectivity index (χ4n) is 2.19. The smallest absolute Gasteiger partial charge is 0.191 e. The van der Waals surface area contributed by atoms with Crippen LogP contribution in [0.25, 0.3) is 10.9 Å². The van der Waals surface area contributed by atoms with Crippen molar-refractivity contribution >= 4 is 46.5 Å². The van der Waals surface area contributed by atoms with Crippen molar-refractivity contribution in [2.24, 2.45) is 16.5 Å². The van der Waals surface area contributed by atoms with Gasteiger partial charge in [-0.1, -0.05) is 12.0 Å². The van der Waals surface area contributed by atoms with Gasteiger partial charge in [0.25, 0.3) is 0 Å². The minimum absolute atomic E-state index is 0. The van der Waals surface area contributed by atoms with Crippen LogP contribution in [0.15, 0.2) is 53.8 Å². The maximum absolute atomic E-state index is 5.43. The van der Waals surface area contributed by atoms with Crippen LogP contribution in [0.2, 0.25) is 0 Å². The molecule has 0 fully saturated rings. The molecule has 0 atom stereocenters. The molecule has 2 aromatic carbocycles. The normalized spacial score (nSPS) is 9.62. The molecule has 0 bridgehead atoms. The summed E-state index contributed by atoms with van der Waals surface area (Å²) < 4.78 is 0. The van der Waals surface area contributed by atoms with E-state index in [0.29, 0.717) is 11.5 Å². The minimum Gasteiger partial charge on any atom is -0.370 e. The standard InChI is InChI=1S/C17H14N6.ClH/c1-2-11-4-3-5-12(8-11)22-16-14-9-13(23-17(18)19)6-7-15(14)20-10-21-16;/h1,3-10H,(H4,18,19,23)(H,20,21,22);1H. The highest BCUT2D eigenvalue weighted by Gasteiger charge is 2.06. The largest absolute Gasteiger partial charge is 0.370 e. The van der Waals surface area contributed by atoms with Crippen LogP contribution in [0.3, 0.4) is 0 Å². The molecule has 120 valence electrons. The number of aromatic nitrogens is 2. The van der Waals surface area contributed by atoms with Crippen molar-refractivity contribution in [2.75, 3.05) is 5.32 Å². The predicted molar refractivity (Wildman–Crippen MR) is 99.9 cm³/mol. The van der Waals surface area contributed by atoms with E-state index >= 15 is 0 Å². The van der Waals surface area contributed by atoms with Crippen molar-refractivity contribution in [1.29, 1.82) is 0 Å². The molecule has 1 heterocycles. The number of rotatable bonds is 3. The second-order valence-corrected chi connectivity index (χ2v) is 4.81. The van der Waals surface area contributed by atoms with E-state index in [1.807, 2.05) is 36.4 Å². The van der Waals surface area contributed by atoms with E-state index in [-0.39, 0.29) is 18.4 Å². The summed E-state index contributed by atoms with van der Waals surface area (Å²) in [6, 6.07) is 13.0. The zero-order chi connectivity index (χ0) is 16.2. The maximum Gasteiger partial charge on any atom is 0.191 e. The van der Waals surface area contributed by atoms with Gasteiger partial charge in [0, 0.05) is 16.6 Å². The second kappa shape index (κ2) is 7.31. The Kier molecular flexibility index (Phi) is 5.20. The van der Waals surface area contributed by atoms with Crippen LogP contribution in [0, 0.1) is 12.3 Å². The van der Waals surface area contributed by atoms with Gasteiger partial charge < -0.3 is 16.8 Å². The minimum atomic E-state index is -0.00238. The third-order valence-electron chi connectivity index (χ3n) is 3.17. The van der Waals surface area contributed by atoms with Crippen molar-refractivity contribution in [3.63, 3.8) is 0 Å². The number of anilines is 2. The number of benzene rings is 2. The highest BCUT2D eigenvalue weighted by atomic mass is 35.5. The van der Waals surface area contributed by atoms with Crippen LogP contribution in [0.5, 0.6) is 0 Å². The van der Waals surface area contributed by atoms with Crippen LogP contribution < -0.4 is 16.8 Å². The lowest BCUT2D eigenvalue weighted by molar-refractivity contribution is 1.22. The van der Waals surface area contributed by atoms with Gasteiger partial charge in [0.2, 0.25) is 0 Å². The Morgan fingerprint density at radius 3 is 2.71 bits per heavy atom. The van der Waals surface area contributed by atoms with Crippen LogP contribution >= 0.6 is 12.4 Å². The molecule has 24 heavy (non-hydrogen) atoms. The van der Waals surface area contributed by atoms with Gasteiger partial charge in [0.1, 0.15) is 12.1 Å². The first-order valence-corrected chi connectivity index (χ1v) is 6.84. The molecule has 7 heteroatoms. The molecule has 6 nitrogen and oxygen atoms in total. The highest BCUT2D eigenvalue weighted by molar-refractivity contribution is 5.93. The van der Waals surface area contributed by atoms with Gasteiger partial charge in [0.05, 0.1) is 11.2 Å². The first-order chi connectivity index (χ1) is 11.2. The average Bonchev–Trinajstić information content (AvgIpc) is 2.55. The lowest BCUT2D eigenvalue weighted by atomic mass is 10.2.